The maximum absolute atomic E-state index is 14.9. The Morgan fingerprint density at radius 1 is 1.00 bits per heavy atom. The van der Waals surface area contributed by atoms with Gasteiger partial charge in [0.1, 0.15) is 23.7 Å². The highest BCUT2D eigenvalue weighted by Crippen LogP contribution is 2.39. The number of fused-ring (bicyclic) bond motifs is 1. The first-order valence-corrected chi connectivity index (χ1v) is 12.3. The van der Waals surface area contributed by atoms with Crippen LogP contribution in [-0.4, -0.2) is 61.6 Å². The van der Waals surface area contributed by atoms with E-state index in [1.54, 1.807) is 0 Å². The number of nitrogen functional groups attached to an aromatic ring is 1. The number of likely N-dealkylation sites (tertiary alicyclic amines) is 1. The molecule has 2 atom stereocenters. The van der Waals surface area contributed by atoms with Crippen LogP contribution in [0.15, 0.2) is 48.9 Å². The largest absolute Gasteiger partial charge is 0.418 e. The van der Waals surface area contributed by atoms with E-state index < -0.39 is 77.6 Å². The number of aromatic nitrogens is 4. The number of nitrogens with two attached hydrogens (primary N) is 1. The van der Waals surface area contributed by atoms with E-state index in [-0.39, 0.29) is 21.8 Å². The number of nitrogens with one attached hydrogen (secondary N) is 1. The van der Waals surface area contributed by atoms with E-state index in [9.17, 15) is 40.3 Å². The van der Waals surface area contributed by atoms with E-state index in [0.29, 0.717) is 12.1 Å². The molecule has 1 aliphatic heterocycles. The second kappa shape index (κ2) is 10.4. The number of carbonyl (C=O) groups excluding carboxylic acids is 2. The van der Waals surface area contributed by atoms with Gasteiger partial charge in [-0.3, -0.25) is 14.6 Å². The summed E-state index contributed by atoms with van der Waals surface area (Å²) >= 11 is 6.18. The Hall–Kier alpha value is -4.47. The summed E-state index contributed by atoms with van der Waals surface area (Å²) in [6.45, 7) is -0.928. The lowest BCUT2D eigenvalue weighted by Gasteiger charge is -2.17. The lowest BCUT2D eigenvalue weighted by Crippen LogP contribution is -2.42. The van der Waals surface area contributed by atoms with Crippen molar-refractivity contribution in [3.63, 3.8) is 0 Å². The fourth-order valence-electron chi connectivity index (χ4n) is 4.55. The topological polar surface area (TPSA) is 119 Å². The summed E-state index contributed by atoms with van der Waals surface area (Å²) in [6, 6.07) is 4.50. The minimum absolute atomic E-state index is 0.0868. The van der Waals surface area contributed by atoms with Crippen LogP contribution in [0.25, 0.3) is 16.8 Å². The highest BCUT2D eigenvalue weighted by molar-refractivity contribution is 6.34. The van der Waals surface area contributed by atoms with Gasteiger partial charge in [-0.25, -0.2) is 13.9 Å². The monoisotopic (exact) mass is 615 g/mol. The summed E-state index contributed by atoms with van der Waals surface area (Å²) in [5, 5.41) is 6.12. The van der Waals surface area contributed by atoms with E-state index in [0.717, 1.165) is 28.0 Å². The quantitative estimate of drug-likeness (QED) is 0.323. The molecule has 1 aliphatic rings. The average molecular weight is 616 g/mol. The number of benzene rings is 1. The molecule has 5 rings (SSSR count). The number of anilines is 1. The highest BCUT2D eigenvalue weighted by Gasteiger charge is 2.39. The normalized spacial score (nSPS) is 17.6. The molecular formula is C25H17ClF7N7O2. The van der Waals surface area contributed by atoms with Crippen LogP contribution < -0.4 is 11.1 Å². The number of halogens is 8. The molecule has 4 heterocycles. The van der Waals surface area contributed by atoms with Gasteiger partial charge in [0.2, 0.25) is 0 Å². The van der Waals surface area contributed by atoms with E-state index >= 15 is 0 Å². The molecule has 0 spiro atoms. The SMILES string of the molecule is Nc1ncnn2c(-c3ccc(Cl)c(C(=O)N[C@@H]4CN(C(=O)c5cc(C(F)(F)F)ccn5)C[C@@H]4F)c3)cc(C(F)(F)F)c12. The number of hydrogen-bond acceptors (Lipinski definition) is 6. The number of pyridine rings is 1. The van der Waals surface area contributed by atoms with Crippen LogP contribution in [-0.2, 0) is 12.4 Å². The van der Waals surface area contributed by atoms with Crippen molar-refractivity contribution in [2.75, 3.05) is 18.8 Å². The van der Waals surface area contributed by atoms with Crippen molar-refractivity contribution in [2.24, 2.45) is 0 Å². The molecule has 1 fully saturated rings. The Labute approximate surface area is 236 Å². The van der Waals surface area contributed by atoms with Gasteiger partial charge in [0.05, 0.1) is 40.0 Å². The first kappa shape index (κ1) is 29.0. The third kappa shape index (κ3) is 5.41. The zero-order valence-electron chi connectivity index (χ0n) is 20.8. The molecule has 1 aromatic carbocycles. The zero-order chi connectivity index (χ0) is 30.6. The van der Waals surface area contributed by atoms with Crippen LogP contribution in [0.4, 0.5) is 36.6 Å². The Bertz CT molecular complexity index is 1710. The van der Waals surface area contributed by atoms with E-state index in [2.05, 4.69) is 20.4 Å². The van der Waals surface area contributed by atoms with Gasteiger partial charge in [-0.15, -0.1) is 0 Å². The Balaban J connectivity index is 1.39. The van der Waals surface area contributed by atoms with Crippen LogP contribution in [0.5, 0.6) is 0 Å². The van der Waals surface area contributed by atoms with Gasteiger partial charge in [0.15, 0.2) is 5.82 Å². The number of nitrogens with zero attached hydrogens (tertiary/aromatic N) is 5. The molecule has 9 nitrogen and oxygen atoms in total. The number of hydrogen-bond donors (Lipinski definition) is 2. The molecule has 17 heteroatoms. The third-order valence-corrected chi connectivity index (χ3v) is 6.88. The molecule has 3 N–H and O–H groups in total. The van der Waals surface area contributed by atoms with Crippen molar-refractivity contribution in [1.82, 2.24) is 29.8 Å². The van der Waals surface area contributed by atoms with Crippen LogP contribution in [0.3, 0.4) is 0 Å². The maximum atomic E-state index is 14.9. The standard InChI is InChI=1S/C25H17ClF7N7O2/c26-15-2-1-11(19-7-14(25(31,32)33)20-21(34)36-10-37-40(19)20)5-13(15)22(41)38-18-9-39(8-16(18)27)23(42)17-6-12(3-4-35-17)24(28,29)30/h1-7,10,16,18H,8-9H2,(H,38,41)(H2,34,36,37)/t16-,18+/m0/s1. The van der Waals surface area contributed by atoms with E-state index in [1.165, 1.54) is 18.2 Å². The third-order valence-electron chi connectivity index (χ3n) is 6.55. The van der Waals surface area contributed by atoms with Crippen LogP contribution in [0.1, 0.15) is 32.0 Å². The van der Waals surface area contributed by atoms with Crippen molar-refractivity contribution in [2.45, 2.75) is 24.6 Å². The van der Waals surface area contributed by atoms with Crippen molar-refractivity contribution >= 4 is 34.7 Å². The summed E-state index contributed by atoms with van der Waals surface area (Å²) in [4.78, 5) is 34.0. The van der Waals surface area contributed by atoms with Gasteiger partial charge in [0.25, 0.3) is 11.8 Å². The fourth-order valence-corrected chi connectivity index (χ4v) is 4.75. The number of alkyl halides is 7. The van der Waals surface area contributed by atoms with Crippen molar-refractivity contribution in [1.29, 1.82) is 0 Å². The molecule has 0 bridgehead atoms. The lowest BCUT2D eigenvalue weighted by atomic mass is 10.1. The zero-order valence-corrected chi connectivity index (χ0v) is 21.6. The van der Waals surface area contributed by atoms with Gasteiger partial charge in [0, 0.05) is 18.3 Å². The van der Waals surface area contributed by atoms with Crippen molar-refractivity contribution in [3.05, 3.63) is 76.3 Å². The molecule has 0 aliphatic carbocycles. The number of rotatable bonds is 4. The molecule has 3 aromatic heterocycles. The molecular weight excluding hydrogens is 599 g/mol. The van der Waals surface area contributed by atoms with Gasteiger partial charge >= 0.3 is 12.4 Å². The summed E-state index contributed by atoms with van der Waals surface area (Å²) in [7, 11) is 0. The summed E-state index contributed by atoms with van der Waals surface area (Å²) < 4.78 is 95.9. The van der Waals surface area contributed by atoms with Crippen molar-refractivity contribution in [3.8, 4) is 11.3 Å². The summed E-state index contributed by atoms with van der Waals surface area (Å²) in [5.41, 5.74) is 2.18. The first-order valence-electron chi connectivity index (χ1n) is 11.9. The Morgan fingerprint density at radius 3 is 2.43 bits per heavy atom. The van der Waals surface area contributed by atoms with E-state index in [1.807, 2.05) is 0 Å². The molecule has 42 heavy (non-hydrogen) atoms. The Morgan fingerprint density at radius 2 is 1.74 bits per heavy atom. The second-order valence-electron chi connectivity index (χ2n) is 9.27. The smallest absolute Gasteiger partial charge is 0.382 e. The summed E-state index contributed by atoms with van der Waals surface area (Å²) in [5.74, 6) is -2.31. The molecule has 0 radical (unpaired) electrons. The first-order chi connectivity index (χ1) is 19.6. The van der Waals surface area contributed by atoms with E-state index in [4.69, 9.17) is 17.3 Å². The average Bonchev–Trinajstić information content (AvgIpc) is 3.50. The van der Waals surface area contributed by atoms with Crippen molar-refractivity contribution < 1.29 is 40.3 Å². The predicted molar refractivity (Wildman–Crippen MR) is 134 cm³/mol. The minimum Gasteiger partial charge on any atom is -0.382 e. The lowest BCUT2D eigenvalue weighted by molar-refractivity contribution is -0.138. The van der Waals surface area contributed by atoms with Gasteiger partial charge in [-0.05, 0) is 30.3 Å². The highest BCUT2D eigenvalue weighted by atomic mass is 35.5. The molecule has 4 aromatic rings. The van der Waals surface area contributed by atoms with Gasteiger partial charge < -0.3 is 16.0 Å². The fraction of sp³-hybridized carbons (Fsp3) is 0.240. The Kier molecular flexibility index (Phi) is 7.20. The van der Waals surface area contributed by atoms with Gasteiger partial charge in [-0.1, -0.05) is 17.7 Å². The summed E-state index contributed by atoms with van der Waals surface area (Å²) in [6.07, 6.45) is -9.56. The predicted octanol–water partition coefficient (Wildman–Crippen LogP) is 4.66. The minimum atomic E-state index is -4.81. The molecule has 2 amide bonds. The molecule has 1 saturated heterocycles. The van der Waals surface area contributed by atoms with Crippen LogP contribution in [0.2, 0.25) is 5.02 Å². The van der Waals surface area contributed by atoms with Crippen LogP contribution >= 0.6 is 11.6 Å². The van der Waals surface area contributed by atoms with Crippen LogP contribution in [0, 0.1) is 0 Å². The van der Waals surface area contributed by atoms with Gasteiger partial charge in [-0.2, -0.15) is 31.4 Å². The second-order valence-corrected chi connectivity index (χ2v) is 9.68. The number of carbonyl (C=O) groups is 2. The molecule has 220 valence electrons. The molecule has 0 unspecified atom stereocenters. The maximum Gasteiger partial charge on any atom is 0.418 e. The number of amides is 2. The molecule has 0 saturated carbocycles.